The fraction of sp³-hybridized carbons (Fsp3) is 0.786. The van der Waals surface area contributed by atoms with E-state index in [4.69, 9.17) is 4.74 Å². The van der Waals surface area contributed by atoms with Gasteiger partial charge >= 0.3 is 0 Å². The third kappa shape index (κ3) is 5.87. The molecule has 9 heteroatoms. The third-order valence-corrected chi connectivity index (χ3v) is 3.87. The van der Waals surface area contributed by atoms with E-state index in [1.165, 1.54) is 0 Å². The lowest BCUT2D eigenvalue weighted by Crippen LogP contribution is -2.43. The molecule has 0 aromatic carbocycles. The Labute approximate surface area is 136 Å². The van der Waals surface area contributed by atoms with Crippen LogP contribution in [0.25, 0.3) is 0 Å². The minimum absolute atomic E-state index is 0.0333. The van der Waals surface area contributed by atoms with Gasteiger partial charge in [-0.15, -0.1) is 0 Å². The maximum Gasteiger partial charge on any atom is 0.236 e. The molecule has 0 spiro atoms. The number of carbonyl (C=O) groups excluding carboxylic acids is 1. The van der Waals surface area contributed by atoms with Gasteiger partial charge in [0.25, 0.3) is 0 Å². The zero-order valence-electron chi connectivity index (χ0n) is 13.8. The van der Waals surface area contributed by atoms with E-state index < -0.39 is 6.10 Å². The Morgan fingerprint density at radius 3 is 3.04 bits per heavy atom. The molecule has 1 aromatic rings. The van der Waals surface area contributed by atoms with E-state index in [1.807, 2.05) is 11.9 Å². The van der Waals surface area contributed by atoms with Gasteiger partial charge in [-0.2, -0.15) is 15.4 Å². The zero-order valence-corrected chi connectivity index (χ0v) is 13.8. The maximum absolute atomic E-state index is 12.4. The summed E-state index contributed by atoms with van der Waals surface area (Å²) in [5, 5.41) is 20.6. The van der Waals surface area contributed by atoms with Gasteiger partial charge in [0.2, 0.25) is 5.91 Å². The Morgan fingerprint density at radius 1 is 1.52 bits per heavy atom. The quantitative estimate of drug-likeness (QED) is 0.622. The van der Waals surface area contributed by atoms with Gasteiger partial charge < -0.3 is 14.7 Å². The normalized spacial score (nSPS) is 20.0. The van der Waals surface area contributed by atoms with Crippen molar-refractivity contribution in [3.63, 3.8) is 0 Å². The van der Waals surface area contributed by atoms with Gasteiger partial charge in [0.05, 0.1) is 31.1 Å². The lowest BCUT2D eigenvalue weighted by molar-refractivity contribution is -0.133. The number of nitrogens with one attached hydrogen (secondary N) is 1. The SMILES string of the molecule is COCCN(C)CC(=O)N1CCN(Cc2cn[nH]n2)CC(O)C1. The predicted molar refractivity (Wildman–Crippen MR) is 83.6 cm³/mol. The van der Waals surface area contributed by atoms with Crippen molar-refractivity contribution in [2.24, 2.45) is 0 Å². The van der Waals surface area contributed by atoms with Gasteiger partial charge in [-0.05, 0) is 7.05 Å². The highest BCUT2D eigenvalue weighted by atomic mass is 16.5. The van der Waals surface area contributed by atoms with Crippen LogP contribution < -0.4 is 0 Å². The summed E-state index contributed by atoms with van der Waals surface area (Å²) < 4.78 is 5.01. The van der Waals surface area contributed by atoms with Gasteiger partial charge in [0.15, 0.2) is 0 Å². The van der Waals surface area contributed by atoms with Crippen molar-refractivity contribution in [2.45, 2.75) is 12.6 Å². The highest BCUT2D eigenvalue weighted by Crippen LogP contribution is 2.08. The molecule has 0 saturated carbocycles. The largest absolute Gasteiger partial charge is 0.390 e. The molecule has 2 heterocycles. The Bertz CT molecular complexity index is 469. The summed E-state index contributed by atoms with van der Waals surface area (Å²) in [4.78, 5) is 18.1. The molecule has 1 amide bonds. The van der Waals surface area contributed by atoms with E-state index in [0.717, 1.165) is 5.69 Å². The zero-order chi connectivity index (χ0) is 16.7. The van der Waals surface area contributed by atoms with Crippen LogP contribution in [0, 0.1) is 0 Å². The van der Waals surface area contributed by atoms with Crippen LogP contribution in [0.3, 0.4) is 0 Å². The average molecular weight is 326 g/mol. The third-order valence-electron chi connectivity index (χ3n) is 3.87. The van der Waals surface area contributed by atoms with Gasteiger partial charge in [0.1, 0.15) is 0 Å². The predicted octanol–water partition coefficient (Wildman–Crippen LogP) is -1.61. The van der Waals surface area contributed by atoms with Crippen LogP contribution in [0.5, 0.6) is 0 Å². The van der Waals surface area contributed by atoms with E-state index in [2.05, 4.69) is 20.3 Å². The molecule has 23 heavy (non-hydrogen) atoms. The first-order valence-electron chi connectivity index (χ1n) is 7.78. The van der Waals surface area contributed by atoms with E-state index in [1.54, 1.807) is 18.2 Å². The van der Waals surface area contributed by atoms with Crippen molar-refractivity contribution in [2.75, 3.05) is 60.0 Å². The second-order valence-corrected chi connectivity index (χ2v) is 5.92. The summed E-state index contributed by atoms with van der Waals surface area (Å²) in [6.07, 6.45) is 1.11. The van der Waals surface area contributed by atoms with Crippen LogP contribution in [-0.4, -0.2) is 107 Å². The molecule has 0 aliphatic carbocycles. The first-order chi connectivity index (χ1) is 11.1. The summed E-state index contributed by atoms with van der Waals surface area (Å²) in [5.74, 6) is 0.0333. The van der Waals surface area contributed by atoms with Gasteiger partial charge in [-0.1, -0.05) is 0 Å². The van der Waals surface area contributed by atoms with Crippen molar-refractivity contribution in [3.8, 4) is 0 Å². The number of rotatable bonds is 7. The molecule has 9 nitrogen and oxygen atoms in total. The molecule has 2 rings (SSSR count). The molecule has 0 radical (unpaired) electrons. The topological polar surface area (TPSA) is 97.8 Å². The average Bonchev–Trinajstić information content (AvgIpc) is 2.94. The fourth-order valence-electron chi connectivity index (χ4n) is 2.61. The Kier molecular flexibility index (Phi) is 6.90. The van der Waals surface area contributed by atoms with Crippen LogP contribution in [0.2, 0.25) is 0 Å². The molecule has 1 aromatic heterocycles. The van der Waals surface area contributed by atoms with E-state index >= 15 is 0 Å². The number of β-amino-alcohol motifs (C(OH)–C–C–N with tert-alkyl or cyclic N) is 1. The van der Waals surface area contributed by atoms with E-state index in [-0.39, 0.29) is 5.91 Å². The van der Waals surface area contributed by atoms with Crippen molar-refractivity contribution in [3.05, 3.63) is 11.9 Å². The molecular formula is C14H26N6O3. The number of likely N-dealkylation sites (N-methyl/N-ethyl adjacent to an activating group) is 1. The number of nitrogens with zero attached hydrogens (tertiary/aromatic N) is 5. The molecule has 0 bridgehead atoms. The number of amides is 1. The first kappa shape index (κ1) is 17.8. The summed E-state index contributed by atoms with van der Waals surface area (Å²) in [7, 11) is 3.53. The number of aromatic amines is 1. The highest BCUT2D eigenvalue weighted by Gasteiger charge is 2.25. The monoisotopic (exact) mass is 326 g/mol. The first-order valence-corrected chi connectivity index (χ1v) is 7.78. The highest BCUT2D eigenvalue weighted by molar-refractivity contribution is 5.78. The second-order valence-electron chi connectivity index (χ2n) is 5.92. The number of hydrogen-bond acceptors (Lipinski definition) is 7. The van der Waals surface area contributed by atoms with Crippen LogP contribution >= 0.6 is 0 Å². The summed E-state index contributed by atoms with van der Waals surface area (Å²) in [6.45, 7) is 4.45. The summed E-state index contributed by atoms with van der Waals surface area (Å²) in [5.41, 5.74) is 0.830. The summed E-state index contributed by atoms with van der Waals surface area (Å²) >= 11 is 0. The van der Waals surface area contributed by atoms with Gasteiger partial charge in [-0.3, -0.25) is 14.6 Å². The Hall–Kier alpha value is -1.55. The molecule has 130 valence electrons. The van der Waals surface area contributed by atoms with Crippen molar-refractivity contribution >= 4 is 5.91 Å². The van der Waals surface area contributed by atoms with Gasteiger partial charge in [-0.25, -0.2) is 0 Å². The molecule has 1 aliphatic rings. The molecular weight excluding hydrogens is 300 g/mol. The minimum Gasteiger partial charge on any atom is -0.390 e. The van der Waals surface area contributed by atoms with Gasteiger partial charge in [0, 0.05) is 46.4 Å². The minimum atomic E-state index is -0.558. The number of hydrogen-bond donors (Lipinski definition) is 2. The fourth-order valence-corrected chi connectivity index (χ4v) is 2.61. The Balaban J connectivity index is 1.83. The van der Waals surface area contributed by atoms with Crippen molar-refractivity contribution in [1.82, 2.24) is 30.1 Å². The lowest BCUT2D eigenvalue weighted by atomic mass is 10.3. The molecule has 1 aliphatic heterocycles. The lowest BCUT2D eigenvalue weighted by Gasteiger charge is -2.24. The number of aromatic nitrogens is 3. The van der Waals surface area contributed by atoms with E-state index in [0.29, 0.717) is 52.4 Å². The van der Waals surface area contributed by atoms with E-state index in [9.17, 15) is 9.90 Å². The Morgan fingerprint density at radius 2 is 2.35 bits per heavy atom. The number of aliphatic hydroxyl groups is 1. The van der Waals surface area contributed by atoms with Crippen molar-refractivity contribution in [1.29, 1.82) is 0 Å². The molecule has 1 atom stereocenters. The number of H-pyrrole nitrogens is 1. The standard InChI is InChI=1S/C14H26N6O3/c1-18(5-6-23-2)11-14(22)20-4-3-19(9-13(21)10-20)8-12-7-15-17-16-12/h7,13,21H,3-6,8-11H2,1-2H3,(H,15,16,17). The smallest absolute Gasteiger partial charge is 0.236 e. The molecule has 1 unspecified atom stereocenters. The molecule has 1 saturated heterocycles. The number of carbonyl (C=O) groups is 1. The molecule has 2 N–H and O–H groups in total. The van der Waals surface area contributed by atoms with Crippen LogP contribution in [0.1, 0.15) is 5.69 Å². The number of ether oxygens (including phenoxy) is 1. The number of aliphatic hydroxyl groups excluding tert-OH is 1. The van der Waals surface area contributed by atoms with Crippen LogP contribution in [-0.2, 0) is 16.1 Å². The molecule has 1 fully saturated rings. The van der Waals surface area contributed by atoms with Crippen LogP contribution in [0.4, 0.5) is 0 Å². The summed E-state index contributed by atoms with van der Waals surface area (Å²) in [6, 6.07) is 0. The number of methoxy groups -OCH3 is 1. The van der Waals surface area contributed by atoms with Crippen molar-refractivity contribution < 1.29 is 14.6 Å². The van der Waals surface area contributed by atoms with Crippen LogP contribution in [0.15, 0.2) is 6.20 Å². The maximum atomic E-state index is 12.4. The second kappa shape index (κ2) is 8.92.